The lowest BCUT2D eigenvalue weighted by Gasteiger charge is -2.33. The third-order valence-corrected chi connectivity index (χ3v) is 6.39. The van der Waals surface area contributed by atoms with Gasteiger partial charge in [0.1, 0.15) is 11.6 Å². The molecule has 1 aliphatic carbocycles. The van der Waals surface area contributed by atoms with Crippen LogP contribution in [-0.2, 0) is 19.4 Å². The van der Waals surface area contributed by atoms with Crippen LogP contribution in [0.15, 0.2) is 0 Å². The zero-order chi connectivity index (χ0) is 17.2. The molecule has 3 heterocycles. The van der Waals surface area contributed by atoms with Crippen molar-refractivity contribution in [2.75, 3.05) is 6.54 Å². The monoisotopic (exact) mass is 345 g/mol. The maximum atomic E-state index is 12.8. The maximum Gasteiger partial charge on any atom is 0.317 e. The van der Waals surface area contributed by atoms with Crippen molar-refractivity contribution in [2.45, 2.75) is 89.8 Å². The molecule has 3 unspecified atom stereocenters. The Morgan fingerprint density at radius 1 is 1.16 bits per heavy atom. The standard InChI is InChI=1S/C19H31N5O/c1-14-13-15-7-4-5-8-16(15)24(14)19(25)20-11-10-18-22-21-17-9-3-2-6-12-23(17)18/h14-16H,2-13H2,1H3,(H,20,25). The van der Waals surface area contributed by atoms with Crippen molar-refractivity contribution in [3.63, 3.8) is 0 Å². The van der Waals surface area contributed by atoms with Crippen molar-refractivity contribution < 1.29 is 4.79 Å². The summed E-state index contributed by atoms with van der Waals surface area (Å²) in [6, 6.07) is 0.961. The number of carbonyl (C=O) groups excluding carboxylic acids is 1. The Balaban J connectivity index is 1.33. The van der Waals surface area contributed by atoms with E-state index in [4.69, 9.17) is 0 Å². The number of nitrogens with one attached hydrogen (secondary N) is 1. The average molecular weight is 345 g/mol. The first-order chi connectivity index (χ1) is 12.2. The zero-order valence-electron chi connectivity index (χ0n) is 15.4. The number of aromatic nitrogens is 3. The smallest absolute Gasteiger partial charge is 0.317 e. The van der Waals surface area contributed by atoms with Gasteiger partial charge < -0.3 is 14.8 Å². The molecule has 4 rings (SSSR count). The number of urea groups is 1. The molecule has 6 nitrogen and oxygen atoms in total. The highest BCUT2D eigenvalue weighted by molar-refractivity contribution is 5.75. The molecule has 138 valence electrons. The topological polar surface area (TPSA) is 63.1 Å². The van der Waals surface area contributed by atoms with Crippen LogP contribution in [0.1, 0.15) is 69.9 Å². The fourth-order valence-electron chi connectivity index (χ4n) is 5.16. The lowest BCUT2D eigenvalue weighted by Crippen LogP contribution is -2.48. The Labute approximate surface area is 150 Å². The maximum absolute atomic E-state index is 12.8. The number of nitrogens with zero attached hydrogens (tertiary/aromatic N) is 4. The first-order valence-corrected chi connectivity index (χ1v) is 10.2. The Morgan fingerprint density at radius 2 is 2.04 bits per heavy atom. The van der Waals surface area contributed by atoms with Gasteiger partial charge in [0.05, 0.1) is 0 Å². The molecule has 25 heavy (non-hydrogen) atoms. The van der Waals surface area contributed by atoms with E-state index in [9.17, 15) is 4.79 Å². The molecule has 1 aromatic rings. The highest BCUT2D eigenvalue weighted by Gasteiger charge is 2.42. The molecule has 3 aliphatic rings. The number of carbonyl (C=O) groups is 1. The summed E-state index contributed by atoms with van der Waals surface area (Å²) >= 11 is 0. The van der Waals surface area contributed by atoms with E-state index in [2.05, 4.69) is 31.9 Å². The SMILES string of the molecule is CC1CC2CCCCC2N1C(=O)NCCc1nnc2n1CCCCC2. The van der Waals surface area contributed by atoms with Crippen LogP contribution in [0.25, 0.3) is 0 Å². The molecule has 1 aromatic heterocycles. The van der Waals surface area contributed by atoms with Gasteiger partial charge in [0.25, 0.3) is 0 Å². The summed E-state index contributed by atoms with van der Waals surface area (Å²) < 4.78 is 2.27. The summed E-state index contributed by atoms with van der Waals surface area (Å²) in [5, 5.41) is 11.9. The van der Waals surface area contributed by atoms with Crippen LogP contribution in [0.4, 0.5) is 4.79 Å². The van der Waals surface area contributed by atoms with Crippen LogP contribution in [0.2, 0.25) is 0 Å². The molecule has 2 amide bonds. The summed E-state index contributed by atoms with van der Waals surface area (Å²) in [6.07, 6.45) is 11.8. The van der Waals surface area contributed by atoms with Crippen molar-refractivity contribution >= 4 is 6.03 Å². The van der Waals surface area contributed by atoms with Crippen molar-refractivity contribution in [3.05, 3.63) is 11.6 Å². The predicted octanol–water partition coefficient (Wildman–Crippen LogP) is 2.91. The zero-order valence-corrected chi connectivity index (χ0v) is 15.4. The molecule has 0 radical (unpaired) electrons. The molecule has 3 atom stereocenters. The van der Waals surface area contributed by atoms with Gasteiger partial charge in [0.15, 0.2) is 0 Å². The van der Waals surface area contributed by atoms with E-state index in [-0.39, 0.29) is 6.03 Å². The highest BCUT2D eigenvalue weighted by atomic mass is 16.2. The largest absolute Gasteiger partial charge is 0.338 e. The molecule has 1 saturated heterocycles. The summed E-state index contributed by atoms with van der Waals surface area (Å²) in [5.41, 5.74) is 0. The van der Waals surface area contributed by atoms with E-state index in [1.54, 1.807) is 0 Å². The van der Waals surface area contributed by atoms with Gasteiger partial charge >= 0.3 is 6.03 Å². The number of fused-ring (bicyclic) bond motifs is 2. The molecule has 1 N–H and O–H groups in total. The Bertz CT molecular complexity index is 613. The molecule has 1 saturated carbocycles. The summed E-state index contributed by atoms with van der Waals surface area (Å²) in [5.74, 6) is 2.88. The molecule has 2 aliphatic heterocycles. The number of rotatable bonds is 3. The molecule has 0 aromatic carbocycles. The van der Waals surface area contributed by atoms with Crippen LogP contribution in [0.5, 0.6) is 0 Å². The molecule has 2 fully saturated rings. The van der Waals surface area contributed by atoms with E-state index >= 15 is 0 Å². The number of hydrogen-bond donors (Lipinski definition) is 1. The Morgan fingerprint density at radius 3 is 2.96 bits per heavy atom. The summed E-state index contributed by atoms with van der Waals surface area (Å²) in [4.78, 5) is 14.9. The molecule has 0 bridgehead atoms. The molecule has 6 heteroatoms. The number of hydrogen-bond acceptors (Lipinski definition) is 3. The van der Waals surface area contributed by atoms with Gasteiger partial charge in [-0.15, -0.1) is 10.2 Å². The van der Waals surface area contributed by atoms with Gasteiger partial charge in [-0.2, -0.15) is 0 Å². The van der Waals surface area contributed by atoms with E-state index in [0.29, 0.717) is 18.6 Å². The van der Waals surface area contributed by atoms with Crippen LogP contribution in [0, 0.1) is 5.92 Å². The fraction of sp³-hybridized carbons (Fsp3) is 0.842. The van der Waals surface area contributed by atoms with E-state index in [1.807, 2.05) is 0 Å². The van der Waals surface area contributed by atoms with Crippen molar-refractivity contribution in [1.82, 2.24) is 25.0 Å². The first kappa shape index (κ1) is 16.9. The third-order valence-electron chi connectivity index (χ3n) is 6.39. The molecular weight excluding hydrogens is 314 g/mol. The predicted molar refractivity (Wildman–Crippen MR) is 96.3 cm³/mol. The van der Waals surface area contributed by atoms with Crippen molar-refractivity contribution in [2.24, 2.45) is 5.92 Å². The van der Waals surface area contributed by atoms with Gasteiger partial charge in [0, 0.05) is 38.0 Å². The Hall–Kier alpha value is -1.59. The van der Waals surface area contributed by atoms with Gasteiger partial charge in [-0.25, -0.2) is 4.79 Å². The van der Waals surface area contributed by atoms with Crippen LogP contribution >= 0.6 is 0 Å². The summed E-state index contributed by atoms with van der Waals surface area (Å²) in [7, 11) is 0. The van der Waals surface area contributed by atoms with Gasteiger partial charge in [-0.1, -0.05) is 19.3 Å². The Kier molecular flexibility index (Phi) is 4.95. The van der Waals surface area contributed by atoms with E-state index < -0.39 is 0 Å². The minimum Gasteiger partial charge on any atom is -0.338 e. The first-order valence-electron chi connectivity index (χ1n) is 10.2. The van der Waals surface area contributed by atoms with Gasteiger partial charge in [-0.05, 0) is 44.9 Å². The number of aryl methyl sites for hydroxylation is 1. The highest BCUT2D eigenvalue weighted by Crippen LogP contribution is 2.39. The minimum atomic E-state index is 0.123. The van der Waals surface area contributed by atoms with Crippen molar-refractivity contribution in [1.29, 1.82) is 0 Å². The second-order valence-electron chi connectivity index (χ2n) is 8.08. The normalized spacial score (nSPS) is 29.0. The van der Waals surface area contributed by atoms with E-state index in [1.165, 1.54) is 51.4 Å². The molecule has 0 spiro atoms. The van der Waals surface area contributed by atoms with Gasteiger partial charge in [-0.3, -0.25) is 0 Å². The lowest BCUT2D eigenvalue weighted by atomic mass is 9.85. The van der Waals surface area contributed by atoms with E-state index in [0.717, 1.165) is 37.0 Å². The number of likely N-dealkylation sites (tertiary alicyclic amines) is 1. The quantitative estimate of drug-likeness (QED) is 0.916. The third kappa shape index (κ3) is 3.40. The average Bonchev–Trinajstić information content (AvgIpc) is 3.05. The minimum absolute atomic E-state index is 0.123. The summed E-state index contributed by atoms with van der Waals surface area (Å²) in [6.45, 7) is 3.88. The lowest BCUT2D eigenvalue weighted by molar-refractivity contribution is 0.156. The second kappa shape index (κ2) is 7.34. The van der Waals surface area contributed by atoms with Crippen molar-refractivity contribution in [3.8, 4) is 0 Å². The van der Waals surface area contributed by atoms with Crippen LogP contribution < -0.4 is 5.32 Å². The number of amides is 2. The van der Waals surface area contributed by atoms with Crippen LogP contribution in [0.3, 0.4) is 0 Å². The van der Waals surface area contributed by atoms with Gasteiger partial charge in [0.2, 0.25) is 0 Å². The fourth-order valence-corrected chi connectivity index (χ4v) is 5.16. The second-order valence-corrected chi connectivity index (χ2v) is 8.08. The molecular formula is C19H31N5O. The van der Waals surface area contributed by atoms with Crippen LogP contribution in [-0.4, -0.2) is 44.3 Å².